The number of likely N-dealkylation sites (tertiary alicyclic amines) is 2. The Morgan fingerprint density at radius 1 is 1.10 bits per heavy atom. The lowest BCUT2D eigenvalue weighted by atomic mass is 9.92. The standard InChI is InChI=1S/C17H22F3N5O3S/c1-29(27,28)22-14-9-25(10-14)16(26)24-5-12(6-24)11-2-3-15(21-4-11)23-7-13(8-23)17(18,19)20/h2-4,12-14,22H,5-10H2,1H3. The highest BCUT2D eigenvalue weighted by Crippen LogP contribution is 2.36. The average Bonchev–Trinajstić information content (AvgIpc) is 2.46. The minimum Gasteiger partial charge on any atom is -0.355 e. The number of rotatable bonds is 4. The van der Waals surface area contributed by atoms with E-state index in [1.54, 1.807) is 27.0 Å². The molecule has 3 aliphatic rings. The van der Waals surface area contributed by atoms with E-state index in [0.717, 1.165) is 11.8 Å². The highest BCUT2D eigenvalue weighted by molar-refractivity contribution is 7.88. The molecule has 0 spiro atoms. The molecule has 0 aliphatic carbocycles. The van der Waals surface area contributed by atoms with E-state index >= 15 is 0 Å². The average molecular weight is 433 g/mol. The van der Waals surface area contributed by atoms with Crippen LogP contribution in [0.15, 0.2) is 18.3 Å². The molecule has 2 amide bonds. The van der Waals surface area contributed by atoms with Gasteiger partial charge in [-0.3, -0.25) is 0 Å². The number of hydrogen-bond donors (Lipinski definition) is 1. The second kappa shape index (κ2) is 7.01. The van der Waals surface area contributed by atoms with Crippen molar-refractivity contribution in [3.05, 3.63) is 23.9 Å². The monoisotopic (exact) mass is 433 g/mol. The summed E-state index contributed by atoms with van der Waals surface area (Å²) in [5.41, 5.74) is 0.950. The molecule has 0 radical (unpaired) electrons. The molecule has 12 heteroatoms. The SMILES string of the molecule is CS(=O)(=O)NC1CN(C(=O)N2CC(c3ccc(N4CC(C(F)(F)F)C4)nc3)C2)C1. The maximum atomic E-state index is 12.6. The molecule has 4 heterocycles. The normalized spacial score (nSPS) is 21.6. The van der Waals surface area contributed by atoms with Gasteiger partial charge >= 0.3 is 12.2 Å². The van der Waals surface area contributed by atoms with Gasteiger partial charge < -0.3 is 14.7 Å². The summed E-state index contributed by atoms with van der Waals surface area (Å²) in [5, 5.41) is 0. The molecule has 160 valence electrons. The minimum atomic E-state index is -4.16. The van der Waals surface area contributed by atoms with Gasteiger partial charge in [0.15, 0.2) is 0 Å². The molecule has 0 unspecified atom stereocenters. The minimum absolute atomic E-state index is 0.0629. The molecule has 0 bridgehead atoms. The van der Waals surface area contributed by atoms with Gasteiger partial charge in [0.2, 0.25) is 10.0 Å². The van der Waals surface area contributed by atoms with Crippen LogP contribution in [0.2, 0.25) is 0 Å². The fourth-order valence-electron chi connectivity index (χ4n) is 3.76. The predicted octanol–water partition coefficient (Wildman–Crippen LogP) is 0.833. The third-order valence-corrected chi connectivity index (χ3v) is 6.36. The lowest BCUT2D eigenvalue weighted by molar-refractivity contribution is -0.180. The zero-order chi connectivity index (χ0) is 21.0. The number of aromatic nitrogens is 1. The fourth-order valence-corrected chi connectivity index (χ4v) is 4.51. The second-order valence-corrected chi connectivity index (χ2v) is 9.75. The zero-order valence-corrected chi connectivity index (χ0v) is 16.6. The Kier molecular flexibility index (Phi) is 4.88. The first kappa shape index (κ1) is 20.2. The van der Waals surface area contributed by atoms with Crippen LogP contribution in [0.4, 0.5) is 23.8 Å². The van der Waals surface area contributed by atoms with E-state index in [1.807, 2.05) is 6.07 Å². The molecular weight excluding hydrogens is 411 g/mol. The number of pyridine rings is 1. The van der Waals surface area contributed by atoms with Crippen molar-refractivity contribution < 1.29 is 26.4 Å². The first-order valence-electron chi connectivity index (χ1n) is 9.28. The van der Waals surface area contributed by atoms with Crippen LogP contribution in [0.3, 0.4) is 0 Å². The molecule has 0 aromatic carbocycles. The van der Waals surface area contributed by atoms with E-state index in [9.17, 15) is 26.4 Å². The van der Waals surface area contributed by atoms with Gasteiger partial charge in [-0.15, -0.1) is 0 Å². The smallest absolute Gasteiger partial charge is 0.355 e. The van der Waals surface area contributed by atoms with Crippen molar-refractivity contribution in [3.8, 4) is 0 Å². The van der Waals surface area contributed by atoms with E-state index in [4.69, 9.17) is 0 Å². The zero-order valence-electron chi connectivity index (χ0n) is 15.8. The van der Waals surface area contributed by atoms with Crippen molar-refractivity contribution >= 4 is 21.9 Å². The summed E-state index contributed by atoms with van der Waals surface area (Å²) in [7, 11) is -3.28. The van der Waals surface area contributed by atoms with Crippen LogP contribution in [0, 0.1) is 5.92 Å². The molecule has 1 aromatic heterocycles. The Morgan fingerprint density at radius 3 is 2.24 bits per heavy atom. The number of hydrogen-bond acceptors (Lipinski definition) is 5. The molecule has 1 aromatic rings. The number of amides is 2. The summed E-state index contributed by atoms with van der Waals surface area (Å²) in [6.45, 7) is 1.68. The number of urea groups is 1. The molecule has 3 aliphatic heterocycles. The highest BCUT2D eigenvalue weighted by Gasteiger charge is 2.47. The number of anilines is 1. The van der Waals surface area contributed by atoms with Gasteiger partial charge in [0.05, 0.1) is 18.2 Å². The number of sulfonamides is 1. The Labute approximate surface area is 166 Å². The van der Waals surface area contributed by atoms with Gasteiger partial charge in [-0.1, -0.05) is 6.07 Å². The molecule has 0 saturated carbocycles. The summed E-state index contributed by atoms with van der Waals surface area (Å²) in [6.07, 6.45) is -1.40. The van der Waals surface area contributed by atoms with E-state index < -0.39 is 22.1 Å². The predicted molar refractivity (Wildman–Crippen MR) is 99.0 cm³/mol. The lowest BCUT2D eigenvalue weighted by Gasteiger charge is -2.47. The van der Waals surface area contributed by atoms with Crippen LogP contribution in [-0.4, -0.2) is 87.0 Å². The summed E-state index contributed by atoms with van der Waals surface area (Å²) in [5.74, 6) is -0.610. The maximum absolute atomic E-state index is 12.6. The Morgan fingerprint density at radius 2 is 1.72 bits per heavy atom. The second-order valence-electron chi connectivity index (χ2n) is 7.97. The van der Waals surface area contributed by atoms with Crippen LogP contribution >= 0.6 is 0 Å². The molecule has 1 N–H and O–H groups in total. The van der Waals surface area contributed by atoms with E-state index in [-0.39, 0.29) is 31.1 Å². The number of carbonyl (C=O) groups excluding carboxylic acids is 1. The molecule has 4 rings (SSSR count). The molecule has 3 saturated heterocycles. The van der Waals surface area contributed by atoms with E-state index in [2.05, 4.69) is 9.71 Å². The van der Waals surface area contributed by atoms with Crippen LogP contribution < -0.4 is 9.62 Å². The maximum Gasteiger partial charge on any atom is 0.395 e. The van der Waals surface area contributed by atoms with Crippen molar-refractivity contribution in [3.63, 3.8) is 0 Å². The molecule has 0 atom stereocenters. The summed E-state index contributed by atoms with van der Waals surface area (Å²) in [4.78, 5) is 21.5. The fraction of sp³-hybridized carbons (Fsp3) is 0.647. The van der Waals surface area contributed by atoms with Crippen molar-refractivity contribution in [2.75, 3.05) is 50.4 Å². The molecule has 29 heavy (non-hydrogen) atoms. The summed E-state index contributed by atoms with van der Waals surface area (Å²) >= 11 is 0. The largest absolute Gasteiger partial charge is 0.395 e. The van der Waals surface area contributed by atoms with Crippen LogP contribution in [0.25, 0.3) is 0 Å². The van der Waals surface area contributed by atoms with E-state index in [0.29, 0.717) is 32.0 Å². The van der Waals surface area contributed by atoms with Gasteiger partial charge in [0.1, 0.15) is 5.82 Å². The van der Waals surface area contributed by atoms with E-state index in [1.165, 1.54) is 0 Å². The highest BCUT2D eigenvalue weighted by atomic mass is 32.2. The topological polar surface area (TPSA) is 85.8 Å². The lowest BCUT2D eigenvalue weighted by Crippen LogP contribution is -2.65. The first-order valence-corrected chi connectivity index (χ1v) is 11.2. The van der Waals surface area contributed by atoms with Crippen molar-refractivity contribution in [2.45, 2.75) is 18.1 Å². The number of alkyl halides is 3. The van der Waals surface area contributed by atoms with Crippen LogP contribution in [-0.2, 0) is 10.0 Å². The number of carbonyl (C=O) groups is 1. The molecular formula is C17H22F3N5O3S. The van der Waals surface area contributed by atoms with Gasteiger partial charge in [0.25, 0.3) is 0 Å². The van der Waals surface area contributed by atoms with Crippen LogP contribution in [0.5, 0.6) is 0 Å². The quantitative estimate of drug-likeness (QED) is 0.761. The van der Waals surface area contributed by atoms with Gasteiger partial charge in [-0.25, -0.2) is 22.9 Å². The number of halogens is 3. The summed E-state index contributed by atoms with van der Waals surface area (Å²) in [6, 6.07) is 3.23. The van der Waals surface area contributed by atoms with Crippen LogP contribution in [0.1, 0.15) is 11.5 Å². The third kappa shape index (κ3) is 4.27. The molecule has 8 nitrogen and oxygen atoms in total. The Hall–Kier alpha value is -2.08. The van der Waals surface area contributed by atoms with Crippen molar-refractivity contribution in [1.82, 2.24) is 19.5 Å². The molecule has 3 fully saturated rings. The third-order valence-electron chi connectivity index (χ3n) is 5.60. The summed E-state index contributed by atoms with van der Waals surface area (Å²) < 4.78 is 62.6. The number of nitrogens with zero attached hydrogens (tertiary/aromatic N) is 4. The first-order chi connectivity index (χ1) is 13.5. The van der Waals surface area contributed by atoms with Crippen molar-refractivity contribution in [2.24, 2.45) is 5.92 Å². The van der Waals surface area contributed by atoms with Gasteiger partial charge in [0, 0.05) is 51.4 Å². The van der Waals surface area contributed by atoms with Crippen molar-refractivity contribution in [1.29, 1.82) is 0 Å². The number of nitrogens with one attached hydrogen (secondary N) is 1. The Bertz CT molecular complexity index is 875. The van der Waals surface area contributed by atoms with Gasteiger partial charge in [-0.2, -0.15) is 13.2 Å². The Balaban J connectivity index is 1.22. The van der Waals surface area contributed by atoms with Gasteiger partial charge in [-0.05, 0) is 11.6 Å².